The molecule has 0 saturated heterocycles. The molecular formula is C24H20Cl2N4O2S. The van der Waals surface area contributed by atoms with Gasteiger partial charge in [-0.2, -0.15) is 0 Å². The maximum Gasteiger partial charge on any atom is 0.255 e. The lowest BCUT2D eigenvalue weighted by Crippen LogP contribution is -2.25. The molecule has 0 saturated carbocycles. The van der Waals surface area contributed by atoms with Crippen LogP contribution in [-0.2, 0) is 12.3 Å². The third kappa shape index (κ3) is 5.50. The van der Waals surface area contributed by atoms with Crippen LogP contribution in [0.25, 0.3) is 5.69 Å². The zero-order valence-electron chi connectivity index (χ0n) is 17.7. The number of amides is 1. The summed E-state index contributed by atoms with van der Waals surface area (Å²) in [5.41, 5.74) is 2.23. The predicted molar refractivity (Wildman–Crippen MR) is 132 cm³/mol. The molecule has 3 aromatic carbocycles. The van der Waals surface area contributed by atoms with Crippen LogP contribution in [0.4, 0.5) is 0 Å². The first-order valence-electron chi connectivity index (χ1n) is 10.0. The molecule has 1 N–H and O–H groups in total. The van der Waals surface area contributed by atoms with Crippen LogP contribution in [0.3, 0.4) is 0 Å². The van der Waals surface area contributed by atoms with Gasteiger partial charge in [0.2, 0.25) is 0 Å². The minimum Gasteiger partial charge on any atom is -0.496 e. The summed E-state index contributed by atoms with van der Waals surface area (Å²) in [6.45, 7) is 0.138. The lowest BCUT2D eigenvalue weighted by molar-refractivity contribution is 0.0946. The molecule has 0 aliphatic heterocycles. The molecule has 4 rings (SSSR count). The zero-order chi connectivity index (χ0) is 23.2. The van der Waals surface area contributed by atoms with Crippen LogP contribution < -0.4 is 10.1 Å². The van der Waals surface area contributed by atoms with Gasteiger partial charge in [0.25, 0.3) is 5.91 Å². The van der Waals surface area contributed by atoms with E-state index < -0.39 is 0 Å². The monoisotopic (exact) mass is 498 g/mol. The number of rotatable bonds is 8. The van der Waals surface area contributed by atoms with Gasteiger partial charge in [-0.1, -0.05) is 77.4 Å². The Morgan fingerprint density at radius 2 is 1.79 bits per heavy atom. The van der Waals surface area contributed by atoms with Crippen molar-refractivity contribution in [1.82, 2.24) is 20.1 Å². The molecular weight excluding hydrogens is 479 g/mol. The molecule has 0 fully saturated rings. The van der Waals surface area contributed by atoms with Crippen molar-refractivity contribution in [3.63, 3.8) is 0 Å². The maximum atomic E-state index is 12.8. The van der Waals surface area contributed by atoms with E-state index in [2.05, 4.69) is 27.6 Å². The van der Waals surface area contributed by atoms with Crippen molar-refractivity contribution in [2.75, 3.05) is 7.11 Å². The summed E-state index contributed by atoms with van der Waals surface area (Å²) >= 11 is 14.3. The summed E-state index contributed by atoms with van der Waals surface area (Å²) in [5, 5.41) is 13.3. The smallest absolute Gasteiger partial charge is 0.255 e. The highest BCUT2D eigenvalue weighted by atomic mass is 35.5. The van der Waals surface area contributed by atoms with E-state index in [4.69, 9.17) is 27.9 Å². The molecule has 0 aliphatic rings. The van der Waals surface area contributed by atoms with Crippen molar-refractivity contribution in [2.24, 2.45) is 0 Å². The van der Waals surface area contributed by atoms with Crippen molar-refractivity contribution in [3.05, 3.63) is 99.8 Å². The minimum atomic E-state index is -0.280. The number of aromatic nitrogens is 3. The lowest BCUT2D eigenvalue weighted by atomic mass is 10.2. The molecule has 1 heterocycles. The first-order chi connectivity index (χ1) is 16.1. The molecule has 4 aromatic rings. The van der Waals surface area contributed by atoms with E-state index in [1.54, 1.807) is 36.4 Å². The molecule has 6 nitrogen and oxygen atoms in total. The highest BCUT2D eigenvalue weighted by Crippen LogP contribution is 2.31. The van der Waals surface area contributed by atoms with Crippen LogP contribution in [0.1, 0.15) is 21.7 Å². The van der Waals surface area contributed by atoms with E-state index in [1.165, 1.54) is 18.9 Å². The van der Waals surface area contributed by atoms with Crippen LogP contribution in [0.2, 0.25) is 10.0 Å². The second-order valence-corrected chi connectivity index (χ2v) is 8.77. The minimum absolute atomic E-state index is 0.138. The molecule has 0 unspecified atom stereocenters. The van der Waals surface area contributed by atoms with Gasteiger partial charge < -0.3 is 10.1 Å². The number of carbonyl (C=O) groups is 1. The molecule has 1 amide bonds. The summed E-state index contributed by atoms with van der Waals surface area (Å²) in [6, 6.07) is 22.3. The van der Waals surface area contributed by atoms with E-state index in [-0.39, 0.29) is 12.5 Å². The summed E-state index contributed by atoms with van der Waals surface area (Å²) < 4.78 is 7.11. The van der Waals surface area contributed by atoms with Crippen LogP contribution in [0.5, 0.6) is 5.75 Å². The average Bonchev–Trinajstić information content (AvgIpc) is 3.25. The number of halogens is 2. The third-order valence-electron chi connectivity index (χ3n) is 4.82. The van der Waals surface area contributed by atoms with Gasteiger partial charge in [0, 0.05) is 10.8 Å². The van der Waals surface area contributed by atoms with Crippen molar-refractivity contribution in [3.8, 4) is 11.4 Å². The fourth-order valence-corrected chi connectivity index (χ4v) is 4.50. The highest BCUT2D eigenvalue weighted by molar-refractivity contribution is 7.98. The number of thioether (sulfide) groups is 1. The topological polar surface area (TPSA) is 69.0 Å². The number of para-hydroxylation sites is 1. The second-order valence-electron chi connectivity index (χ2n) is 6.99. The number of benzene rings is 3. The SMILES string of the molecule is COc1ccccc1C(=O)NCc1nnc(SCc2ccccc2)n1-c1cc(Cl)ccc1Cl. The number of nitrogens with one attached hydrogen (secondary N) is 1. The fraction of sp³-hybridized carbons (Fsp3) is 0.125. The van der Waals surface area contributed by atoms with Gasteiger partial charge in [-0.3, -0.25) is 9.36 Å². The quantitative estimate of drug-likeness (QED) is 0.310. The van der Waals surface area contributed by atoms with Crippen LogP contribution in [0.15, 0.2) is 78.0 Å². The van der Waals surface area contributed by atoms with E-state index >= 15 is 0 Å². The number of ether oxygens (including phenoxy) is 1. The molecule has 0 radical (unpaired) electrons. The third-order valence-corrected chi connectivity index (χ3v) is 6.37. The van der Waals surface area contributed by atoms with Gasteiger partial charge in [0.15, 0.2) is 11.0 Å². The second kappa shape index (κ2) is 10.7. The van der Waals surface area contributed by atoms with Gasteiger partial charge in [-0.05, 0) is 35.9 Å². The number of carbonyl (C=O) groups excluding carboxylic acids is 1. The Hall–Kier alpha value is -3.00. The van der Waals surface area contributed by atoms with Gasteiger partial charge in [0.1, 0.15) is 5.75 Å². The summed E-state index contributed by atoms with van der Waals surface area (Å²) in [5.74, 6) is 1.44. The maximum absolute atomic E-state index is 12.8. The first kappa shape index (κ1) is 23.2. The Labute approximate surface area is 205 Å². The molecule has 0 spiro atoms. The normalized spacial score (nSPS) is 10.8. The summed E-state index contributed by atoms with van der Waals surface area (Å²) in [6.07, 6.45) is 0. The number of hydrogen-bond acceptors (Lipinski definition) is 5. The number of hydrogen-bond donors (Lipinski definition) is 1. The number of nitrogens with zero attached hydrogens (tertiary/aromatic N) is 3. The van der Waals surface area contributed by atoms with Crippen LogP contribution >= 0.6 is 35.0 Å². The molecule has 9 heteroatoms. The average molecular weight is 499 g/mol. The van der Waals surface area contributed by atoms with Crippen molar-refractivity contribution in [1.29, 1.82) is 0 Å². The fourth-order valence-electron chi connectivity index (χ4n) is 3.22. The zero-order valence-corrected chi connectivity index (χ0v) is 20.0. The van der Waals surface area contributed by atoms with Crippen LogP contribution in [0, 0.1) is 0 Å². The highest BCUT2D eigenvalue weighted by Gasteiger charge is 2.19. The van der Waals surface area contributed by atoms with Crippen molar-refractivity contribution >= 4 is 40.9 Å². The van der Waals surface area contributed by atoms with E-state index in [1.807, 2.05) is 28.8 Å². The molecule has 168 valence electrons. The van der Waals surface area contributed by atoms with Gasteiger partial charge in [-0.25, -0.2) is 0 Å². The van der Waals surface area contributed by atoms with E-state index in [0.717, 1.165) is 5.56 Å². The predicted octanol–water partition coefficient (Wildman–Crippen LogP) is 5.81. The Balaban J connectivity index is 1.62. The molecule has 33 heavy (non-hydrogen) atoms. The molecule has 1 aromatic heterocycles. The van der Waals surface area contributed by atoms with Crippen LogP contribution in [-0.4, -0.2) is 27.8 Å². The Bertz CT molecular complexity index is 1260. The van der Waals surface area contributed by atoms with Gasteiger partial charge in [-0.15, -0.1) is 10.2 Å². The number of methoxy groups -OCH3 is 1. The lowest BCUT2D eigenvalue weighted by Gasteiger charge is -2.13. The summed E-state index contributed by atoms with van der Waals surface area (Å²) in [4.78, 5) is 12.8. The van der Waals surface area contributed by atoms with E-state index in [0.29, 0.717) is 43.8 Å². The Kier molecular flexibility index (Phi) is 7.54. The molecule has 0 aliphatic carbocycles. The molecule has 0 atom stereocenters. The summed E-state index contributed by atoms with van der Waals surface area (Å²) in [7, 11) is 1.53. The standard InChI is InChI=1S/C24H20Cl2N4O2S/c1-32-21-10-6-5-9-18(21)23(31)27-14-22-28-29-24(33-15-16-7-3-2-4-8-16)30(22)20-13-17(25)11-12-19(20)26/h2-13H,14-15H2,1H3,(H,27,31). The van der Waals surface area contributed by atoms with Crippen molar-refractivity contribution < 1.29 is 9.53 Å². The van der Waals surface area contributed by atoms with Crippen molar-refractivity contribution in [2.45, 2.75) is 17.5 Å². The Morgan fingerprint density at radius 1 is 1.03 bits per heavy atom. The van der Waals surface area contributed by atoms with Gasteiger partial charge in [0.05, 0.1) is 29.9 Å². The largest absolute Gasteiger partial charge is 0.496 e. The molecule has 0 bridgehead atoms. The van der Waals surface area contributed by atoms with Gasteiger partial charge >= 0.3 is 0 Å². The first-order valence-corrected chi connectivity index (χ1v) is 11.8. The Morgan fingerprint density at radius 3 is 2.58 bits per heavy atom. The van der Waals surface area contributed by atoms with E-state index in [9.17, 15) is 4.79 Å².